The van der Waals surface area contributed by atoms with Crippen molar-refractivity contribution in [2.75, 3.05) is 6.54 Å². The van der Waals surface area contributed by atoms with Gasteiger partial charge < -0.3 is 5.32 Å². The lowest BCUT2D eigenvalue weighted by Gasteiger charge is -2.28. The van der Waals surface area contributed by atoms with Crippen LogP contribution in [0, 0.1) is 0 Å². The number of benzene rings is 1. The van der Waals surface area contributed by atoms with Crippen molar-refractivity contribution in [2.45, 2.75) is 44.6 Å². The summed E-state index contributed by atoms with van der Waals surface area (Å²) in [5.41, 5.74) is 4.18. The highest BCUT2D eigenvalue weighted by molar-refractivity contribution is 7.03. The van der Waals surface area contributed by atoms with E-state index in [1.165, 1.54) is 36.4 Å². The second kappa shape index (κ2) is 6.46. The van der Waals surface area contributed by atoms with Gasteiger partial charge in [-0.05, 0) is 60.8 Å². The Balaban J connectivity index is 1.79. The zero-order valence-electron chi connectivity index (χ0n) is 11.9. The number of hydrogen-bond acceptors (Lipinski definition) is 4. The Morgan fingerprint density at radius 1 is 1.40 bits per heavy atom. The van der Waals surface area contributed by atoms with E-state index in [2.05, 4.69) is 51.5 Å². The lowest BCUT2D eigenvalue weighted by molar-refractivity contribution is 0.419. The molecule has 106 valence electrons. The minimum Gasteiger partial charge on any atom is -0.309 e. The Bertz CT molecular complexity index is 538. The van der Waals surface area contributed by atoms with E-state index in [0.717, 1.165) is 18.7 Å². The first-order chi connectivity index (χ1) is 9.88. The molecule has 1 aromatic heterocycles. The van der Waals surface area contributed by atoms with Gasteiger partial charge in [0.2, 0.25) is 0 Å². The molecule has 0 spiro atoms. The molecule has 1 aliphatic rings. The van der Waals surface area contributed by atoms with Crippen LogP contribution in [0.4, 0.5) is 0 Å². The van der Waals surface area contributed by atoms with Crippen LogP contribution in [0.3, 0.4) is 0 Å². The van der Waals surface area contributed by atoms with Crippen LogP contribution in [0.15, 0.2) is 29.6 Å². The molecule has 3 rings (SSSR count). The van der Waals surface area contributed by atoms with Crippen LogP contribution in [0.1, 0.15) is 55.0 Å². The van der Waals surface area contributed by atoms with E-state index in [9.17, 15) is 0 Å². The lowest BCUT2D eigenvalue weighted by atomic mass is 9.79. The summed E-state index contributed by atoms with van der Waals surface area (Å²) in [5.74, 6) is 0.644. The molecule has 0 fully saturated rings. The van der Waals surface area contributed by atoms with Gasteiger partial charge in [-0.1, -0.05) is 35.7 Å². The van der Waals surface area contributed by atoms with Gasteiger partial charge in [0.15, 0.2) is 0 Å². The first-order valence-electron chi connectivity index (χ1n) is 7.46. The minimum absolute atomic E-state index is 0.329. The normalized spacial score (nSPS) is 19.6. The fourth-order valence-corrected chi connectivity index (χ4v) is 3.77. The number of hydrogen-bond donors (Lipinski definition) is 1. The fraction of sp³-hybridized carbons (Fsp3) is 0.500. The summed E-state index contributed by atoms with van der Waals surface area (Å²) in [7, 11) is 0. The Kier molecular flexibility index (Phi) is 4.43. The maximum absolute atomic E-state index is 4.26. The summed E-state index contributed by atoms with van der Waals surface area (Å²) < 4.78 is 4.01. The van der Waals surface area contributed by atoms with Crippen molar-refractivity contribution in [1.29, 1.82) is 0 Å². The van der Waals surface area contributed by atoms with E-state index in [1.54, 1.807) is 5.56 Å². The molecule has 2 atom stereocenters. The number of aryl methyl sites for hydroxylation is 1. The van der Waals surface area contributed by atoms with E-state index in [-0.39, 0.29) is 0 Å². The number of nitrogens with one attached hydrogen (secondary N) is 1. The van der Waals surface area contributed by atoms with Gasteiger partial charge in [0, 0.05) is 5.38 Å². The third-order valence-electron chi connectivity index (χ3n) is 4.20. The standard InChI is InChI=1S/C16H21N3S/c1-2-17-15(16-11-20-19-18-16)10-13-8-5-7-12-6-3-4-9-14(12)13/h3-4,6,9,11,13,15,17H,2,5,7-8,10H2,1H3. The van der Waals surface area contributed by atoms with Gasteiger partial charge >= 0.3 is 0 Å². The Morgan fingerprint density at radius 2 is 2.30 bits per heavy atom. The molecule has 0 bridgehead atoms. The molecule has 2 unspecified atom stereocenters. The van der Waals surface area contributed by atoms with Crippen LogP contribution in [0.5, 0.6) is 0 Å². The highest BCUT2D eigenvalue weighted by Crippen LogP contribution is 2.37. The van der Waals surface area contributed by atoms with Crippen LogP contribution < -0.4 is 5.32 Å². The molecule has 4 heteroatoms. The first-order valence-corrected chi connectivity index (χ1v) is 8.30. The third kappa shape index (κ3) is 2.91. The van der Waals surface area contributed by atoms with Crippen LogP contribution in [-0.2, 0) is 6.42 Å². The van der Waals surface area contributed by atoms with E-state index < -0.39 is 0 Å². The molecule has 1 heterocycles. The molecule has 0 saturated heterocycles. The van der Waals surface area contributed by atoms with Crippen molar-refractivity contribution in [1.82, 2.24) is 14.9 Å². The molecular formula is C16H21N3S. The van der Waals surface area contributed by atoms with Crippen molar-refractivity contribution in [3.8, 4) is 0 Å². The van der Waals surface area contributed by atoms with Gasteiger partial charge in [-0.2, -0.15) is 0 Å². The first kappa shape index (κ1) is 13.7. The summed E-state index contributed by atoms with van der Waals surface area (Å²) >= 11 is 1.44. The van der Waals surface area contributed by atoms with Gasteiger partial charge in [0.05, 0.1) is 11.7 Å². The van der Waals surface area contributed by atoms with Crippen molar-refractivity contribution in [2.24, 2.45) is 0 Å². The number of fused-ring (bicyclic) bond motifs is 1. The van der Waals surface area contributed by atoms with E-state index in [4.69, 9.17) is 0 Å². The molecule has 0 saturated carbocycles. The third-order valence-corrected chi connectivity index (χ3v) is 4.72. The monoisotopic (exact) mass is 287 g/mol. The van der Waals surface area contributed by atoms with Gasteiger partial charge in [-0.15, -0.1) is 5.10 Å². The Morgan fingerprint density at radius 3 is 3.10 bits per heavy atom. The molecular weight excluding hydrogens is 266 g/mol. The zero-order valence-corrected chi connectivity index (χ0v) is 12.7. The maximum atomic E-state index is 4.26. The molecule has 20 heavy (non-hydrogen) atoms. The molecule has 1 aromatic carbocycles. The molecule has 2 aromatic rings. The van der Waals surface area contributed by atoms with E-state index in [0.29, 0.717) is 12.0 Å². The SMILES string of the molecule is CCNC(CC1CCCc2ccccc21)c1csnn1. The predicted molar refractivity (Wildman–Crippen MR) is 83.1 cm³/mol. The highest BCUT2D eigenvalue weighted by Gasteiger charge is 2.24. The molecule has 0 radical (unpaired) electrons. The van der Waals surface area contributed by atoms with Crippen LogP contribution in [-0.4, -0.2) is 16.1 Å². The number of aromatic nitrogens is 2. The summed E-state index contributed by atoms with van der Waals surface area (Å²) in [6.45, 7) is 3.12. The van der Waals surface area contributed by atoms with Gasteiger partial charge in [0.1, 0.15) is 0 Å². The Labute approximate surface area is 124 Å². The molecule has 0 amide bonds. The van der Waals surface area contributed by atoms with Crippen molar-refractivity contribution >= 4 is 11.5 Å². The van der Waals surface area contributed by atoms with Crippen LogP contribution >= 0.6 is 11.5 Å². The van der Waals surface area contributed by atoms with Gasteiger partial charge in [-0.25, -0.2) is 0 Å². The van der Waals surface area contributed by atoms with Crippen molar-refractivity contribution in [3.05, 3.63) is 46.5 Å². The molecule has 1 N–H and O–H groups in total. The molecule has 1 aliphatic carbocycles. The summed E-state index contributed by atoms with van der Waals surface area (Å²) in [6, 6.07) is 9.25. The second-order valence-electron chi connectivity index (χ2n) is 5.46. The largest absolute Gasteiger partial charge is 0.309 e. The van der Waals surface area contributed by atoms with Gasteiger partial charge in [0.25, 0.3) is 0 Å². The summed E-state index contributed by atoms with van der Waals surface area (Å²) in [4.78, 5) is 0. The second-order valence-corrected chi connectivity index (χ2v) is 6.07. The van der Waals surface area contributed by atoms with Gasteiger partial charge in [-0.3, -0.25) is 0 Å². The smallest absolute Gasteiger partial charge is 0.0924 e. The van der Waals surface area contributed by atoms with E-state index in [1.807, 2.05) is 0 Å². The average molecular weight is 287 g/mol. The predicted octanol–water partition coefficient (Wildman–Crippen LogP) is 3.70. The fourth-order valence-electron chi connectivity index (χ4n) is 3.26. The molecule has 3 nitrogen and oxygen atoms in total. The number of rotatable bonds is 5. The zero-order chi connectivity index (χ0) is 13.8. The summed E-state index contributed by atoms with van der Waals surface area (Å²) in [5, 5.41) is 9.90. The minimum atomic E-state index is 0.329. The topological polar surface area (TPSA) is 37.8 Å². The van der Waals surface area contributed by atoms with E-state index >= 15 is 0 Å². The quantitative estimate of drug-likeness (QED) is 0.911. The van der Waals surface area contributed by atoms with Crippen molar-refractivity contribution < 1.29 is 0 Å². The lowest BCUT2D eigenvalue weighted by Crippen LogP contribution is -2.24. The number of nitrogens with zero attached hydrogens (tertiary/aromatic N) is 2. The highest BCUT2D eigenvalue weighted by atomic mass is 32.1. The maximum Gasteiger partial charge on any atom is 0.0924 e. The summed E-state index contributed by atoms with van der Waals surface area (Å²) in [6.07, 6.45) is 4.94. The van der Waals surface area contributed by atoms with Crippen molar-refractivity contribution in [3.63, 3.8) is 0 Å². The molecule has 0 aliphatic heterocycles. The van der Waals surface area contributed by atoms with Crippen LogP contribution in [0.2, 0.25) is 0 Å². The van der Waals surface area contributed by atoms with Crippen LogP contribution in [0.25, 0.3) is 0 Å². The average Bonchev–Trinajstić information content (AvgIpc) is 3.01. The Hall–Kier alpha value is -1.26.